The number of Topliss-reactive ketones (excluding diaryl/α,β-unsaturated/α-hetero) is 1. The average molecular weight is 679 g/mol. The van der Waals surface area contributed by atoms with E-state index in [1.165, 1.54) is 46.3 Å². The number of nitrogens with two attached hydrogens (primary N) is 1. The summed E-state index contributed by atoms with van der Waals surface area (Å²) in [6, 6.07) is 0. The Labute approximate surface area is 264 Å². The van der Waals surface area contributed by atoms with Crippen molar-refractivity contribution in [3.63, 3.8) is 0 Å². The zero-order chi connectivity index (χ0) is 35.1. The van der Waals surface area contributed by atoms with Crippen LogP contribution in [0.3, 0.4) is 0 Å². The summed E-state index contributed by atoms with van der Waals surface area (Å²) >= 11 is 0. The molecule has 2 amide bonds. The monoisotopic (exact) mass is 678 g/mol. The largest absolute Gasteiger partial charge is 0.534 e. The van der Waals surface area contributed by atoms with Gasteiger partial charge < -0.3 is 34.6 Å². The first-order chi connectivity index (χ1) is 21.2. The molecule has 1 aliphatic carbocycles. The van der Waals surface area contributed by atoms with E-state index in [1.807, 2.05) is 0 Å². The zero-order valence-corrected chi connectivity index (χ0v) is 26.7. The molecule has 46 heavy (non-hydrogen) atoms. The fourth-order valence-corrected chi connectivity index (χ4v) is 5.30. The van der Waals surface area contributed by atoms with Gasteiger partial charge in [-0.2, -0.15) is 21.6 Å². The average Bonchev–Trinajstić information content (AvgIpc) is 2.95. The van der Waals surface area contributed by atoms with Gasteiger partial charge in [0.2, 0.25) is 11.6 Å². The van der Waals surface area contributed by atoms with E-state index in [0.717, 1.165) is 0 Å². The normalized spacial score (nSPS) is 30.7. The molecular formula is C29H37F3N2O11S. The number of primary amides is 1. The summed E-state index contributed by atoms with van der Waals surface area (Å²) in [6.07, 6.45) is 0.373. The minimum atomic E-state index is -6.35. The maximum absolute atomic E-state index is 13.4. The van der Waals surface area contributed by atoms with Crippen LogP contribution < -0.4 is 11.1 Å². The third-order valence-corrected chi connectivity index (χ3v) is 8.17. The number of rotatable bonds is 5. The molecule has 1 heterocycles. The van der Waals surface area contributed by atoms with Crippen molar-refractivity contribution in [1.29, 1.82) is 0 Å². The molecule has 0 saturated carbocycles. The number of aliphatic hydroxyl groups excluding tert-OH is 1. The molecule has 0 saturated heterocycles. The molecule has 2 aliphatic rings. The van der Waals surface area contributed by atoms with Crippen molar-refractivity contribution in [3.05, 3.63) is 58.6 Å². The van der Waals surface area contributed by atoms with Gasteiger partial charge in [-0.25, -0.2) is 4.79 Å². The lowest BCUT2D eigenvalue weighted by atomic mass is 9.85. The van der Waals surface area contributed by atoms with Crippen LogP contribution in [0.25, 0.3) is 0 Å². The Balaban J connectivity index is 2.71. The molecule has 2 rings (SSSR count). The summed E-state index contributed by atoms with van der Waals surface area (Å²) in [6.45, 7) is 6.10. The standard InChI is InChI=1S/C29H37F3N2O11S/c1-14-10-18-24(37)19(13-20(35)26(18)45-46(40,41)29(30,31)32)34-27(38)15(2)8-7-9-21(42-5)25(44-28(33)39)17(4)12-16(3)23(36)22(11-14)43-6/h7-9,12-14,16,21-23,25,36H,10-11H2,1-6H3,(H2,33,39)(H,34,38)/b9-7+,15-8-,17-12+/t14-,16+,21+,22+,23-,25+/m1/s1. The molecule has 256 valence electrons. The number of aliphatic hydroxyl groups is 1. The molecule has 0 aromatic heterocycles. The first-order valence-corrected chi connectivity index (χ1v) is 15.2. The number of hydrogen-bond acceptors (Lipinski definition) is 11. The van der Waals surface area contributed by atoms with Crippen molar-refractivity contribution in [2.24, 2.45) is 17.6 Å². The Bertz CT molecular complexity index is 1480. The third-order valence-electron chi connectivity index (χ3n) is 7.22. The molecule has 0 aromatic carbocycles. The van der Waals surface area contributed by atoms with Gasteiger partial charge in [-0.3, -0.25) is 14.4 Å². The predicted octanol–water partition coefficient (Wildman–Crippen LogP) is 2.63. The Morgan fingerprint density at radius 3 is 2.28 bits per heavy atom. The van der Waals surface area contributed by atoms with E-state index in [9.17, 15) is 45.9 Å². The highest BCUT2D eigenvalue weighted by Crippen LogP contribution is 2.33. The van der Waals surface area contributed by atoms with Crippen molar-refractivity contribution in [1.82, 2.24) is 5.32 Å². The van der Waals surface area contributed by atoms with Crippen LogP contribution in [0.4, 0.5) is 18.0 Å². The van der Waals surface area contributed by atoms with Crippen LogP contribution in [-0.4, -0.2) is 81.2 Å². The highest BCUT2D eigenvalue weighted by molar-refractivity contribution is 7.87. The summed E-state index contributed by atoms with van der Waals surface area (Å²) in [5.74, 6) is -6.20. The van der Waals surface area contributed by atoms with E-state index >= 15 is 0 Å². The fourth-order valence-electron chi connectivity index (χ4n) is 4.81. The van der Waals surface area contributed by atoms with E-state index in [2.05, 4.69) is 9.50 Å². The molecule has 2 bridgehead atoms. The van der Waals surface area contributed by atoms with Gasteiger partial charge in [0, 0.05) is 37.4 Å². The van der Waals surface area contributed by atoms with Gasteiger partial charge >= 0.3 is 21.7 Å². The minimum Gasteiger partial charge on any atom is -0.439 e. The lowest BCUT2D eigenvalue weighted by Gasteiger charge is -2.30. The Morgan fingerprint density at radius 2 is 1.74 bits per heavy atom. The number of halogens is 3. The molecule has 13 nitrogen and oxygen atoms in total. The first kappa shape index (κ1) is 38.4. The summed E-state index contributed by atoms with van der Waals surface area (Å²) in [5, 5.41) is 13.4. The van der Waals surface area contributed by atoms with Gasteiger partial charge in [0.25, 0.3) is 5.91 Å². The molecule has 1 aliphatic heterocycles. The number of ketones is 2. The Kier molecular flexibility index (Phi) is 13.1. The number of ether oxygens (including phenoxy) is 3. The topological polar surface area (TPSA) is 198 Å². The molecule has 0 fully saturated rings. The van der Waals surface area contributed by atoms with Crippen LogP contribution in [-0.2, 0) is 42.9 Å². The summed E-state index contributed by atoms with van der Waals surface area (Å²) in [7, 11) is -3.73. The molecule has 4 N–H and O–H groups in total. The van der Waals surface area contributed by atoms with E-state index in [0.29, 0.717) is 11.6 Å². The van der Waals surface area contributed by atoms with Gasteiger partial charge in [-0.1, -0.05) is 38.2 Å². The number of carbonyl (C=O) groups excluding carboxylic acids is 4. The predicted molar refractivity (Wildman–Crippen MR) is 156 cm³/mol. The third kappa shape index (κ3) is 9.60. The van der Waals surface area contributed by atoms with Crippen LogP contribution in [0.1, 0.15) is 40.5 Å². The van der Waals surface area contributed by atoms with Crippen molar-refractivity contribution in [2.75, 3.05) is 14.2 Å². The molecular weight excluding hydrogens is 641 g/mol. The zero-order valence-electron chi connectivity index (χ0n) is 25.9. The Morgan fingerprint density at radius 1 is 1.11 bits per heavy atom. The van der Waals surface area contributed by atoms with Crippen molar-refractivity contribution in [2.45, 2.75) is 70.5 Å². The number of nitrogens with one attached hydrogen (secondary N) is 1. The fraction of sp³-hybridized carbons (Fsp3) is 0.517. The van der Waals surface area contributed by atoms with E-state index in [4.69, 9.17) is 19.9 Å². The van der Waals surface area contributed by atoms with Gasteiger partial charge in [0.05, 0.1) is 17.9 Å². The lowest BCUT2D eigenvalue weighted by molar-refractivity contribution is -0.120. The number of hydrogen-bond donors (Lipinski definition) is 3. The van der Waals surface area contributed by atoms with Crippen molar-refractivity contribution < 1.29 is 64.3 Å². The maximum Gasteiger partial charge on any atom is 0.534 e. The second kappa shape index (κ2) is 15.7. The van der Waals surface area contributed by atoms with Crippen LogP contribution in [0.5, 0.6) is 0 Å². The van der Waals surface area contributed by atoms with E-state index in [1.54, 1.807) is 19.9 Å². The second-order valence-corrected chi connectivity index (χ2v) is 12.4. The molecule has 0 radical (unpaired) electrons. The minimum absolute atomic E-state index is 0.00919. The van der Waals surface area contributed by atoms with E-state index in [-0.39, 0.29) is 12.0 Å². The lowest BCUT2D eigenvalue weighted by Crippen LogP contribution is -2.37. The molecule has 17 heteroatoms. The number of alkyl halides is 3. The van der Waals surface area contributed by atoms with Crippen LogP contribution in [0.2, 0.25) is 0 Å². The summed E-state index contributed by atoms with van der Waals surface area (Å²) in [5.41, 5.74) is -1.57. The van der Waals surface area contributed by atoms with Crippen LogP contribution in [0.15, 0.2) is 58.6 Å². The highest BCUT2D eigenvalue weighted by Gasteiger charge is 2.50. The maximum atomic E-state index is 13.4. The van der Waals surface area contributed by atoms with Crippen molar-refractivity contribution >= 4 is 33.7 Å². The number of allylic oxidation sites excluding steroid dienone is 4. The summed E-state index contributed by atoms with van der Waals surface area (Å²) < 4.78 is 83.4. The summed E-state index contributed by atoms with van der Waals surface area (Å²) in [4.78, 5) is 50.9. The highest BCUT2D eigenvalue weighted by atomic mass is 32.2. The van der Waals surface area contributed by atoms with Gasteiger partial charge in [-0.15, -0.1) is 0 Å². The number of fused-ring (bicyclic) bond motifs is 2. The number of methoxy groups -OCH3 is 2. The molecule has 6 atom stereocenters. The van der Waals surface area contributed by atoms with Crippen molar-refractivity contribution in [3.8, 4) is 0 Å². The smallest absolute Gasteiger partial charge is 0.439 e. The number of amides is 2. The van der Waals surface area contributed by atoms with Gasteiger partial charge in [-0.05, 0) is 38.2 Å². The van der Waals surface area contributed by atoms with Gasteiger partial charge in [0.15, 0.2) is 11.9 Å². The number of carbonyl (C=O) groups is 4. The quantitative estimate of drug-likeness (QED) is 0.167. The SMILES string of the molecule is CO[C@H]1/C=C/C=C(/C)C(=O)NC2=CC(=O)C(OS(=O)(=O)C(F)(F)F)=C(C[C@@H](C)C[C@H](OC)[C@H](O)[C@@H](C)/C=C(\C)[C@@H]1OC(N)=O)C2=O. The first-order valence-electron chi connectivity index (χ1n) is 13.8. The second-order valence-electron chi connectivity index (χ2n) is 10.9. The van der Waals surface area contributed by atoms with E-state index < -0.39 is 98.9 Å². The van der Waals surface area contributed by atoms with Crippen LogP contribution >= 0.6 is 0 Å². The van der Waals surface area contributed by atoms with Gasteiger partial charge in [0.1, 0.15) is 6.10 Å². The Hall–Kier alpha value is -3.80. The molecule has 0 unspecified atom stereocenters. The van der Waals surface area contributed by atoms with Crippen LogP contribution in [0, 0.1) is 11.8 Å². The molecule has 0 spiro atoms. The molecule has 0 aromatic rings.